The second kappa shape index (κ2) is 8.84. The smallest absolute Gasteiger partial charge is 0.305 e. The van der Waals surface area contributed by atoms with Crippen molar-refractivity contribution in [1.29, 1.82) is 0 Å². The fourth-order valence-electron chi connectivity index (χ4n) is 5.17. The van der Waals surface area contributed by atoms with E-state index in [9.17, 15) is 15.0 Å². The van der Waals surface area contributed by atoms with Gasteiger partial charge in [-0.25, -0.2) is 0 Å². The number of H-pyrrole nitrogens is 1. The quantitative estimate of drug-likeness (QED) is 0.398. The van der Waals surface area contributed by atoms with Crippen molar-refractivity contribution in [3.8, 4) is 17.0 Å². The van der Waals surface area contributed by atoms with Crippen LogP contribution in [-0.2, 0) is 17.6 Å². The van der Waals surface area contributed by atoms with Gasteiger partial charge in [-0.05, 0) is 69.0 Å². The van der Waals surface area contributed by atoms with Gasteiger partial charge in [0.15, 0.2) is 0 Å². The summed E-state index contributed by atoms with van der Waals surface area (Å²) >= 11 is 0. The Labute approximate surface area is 194 Å². The van der Waals surface area contributed by atoms with Gasteiger partial charge >= 0.3 is 5.97 Å². The summed E-state index contributed by atoms with van der Waals surface area (Å²) < 4.78 is 6.39. The number of benzene rings is 2. The number of nitrogens with one attached hydrogen (secondary N) is 1. The standard InChI is InChI=1S/C27H33NO5/c1-15-20(10-9-18(29)11-19(30)12-23(31)32)26-22(13-27(3,4)33-26)16(2)24(15)25-21-8-6-5-7-17(21)14-28-25/h5-8,14,18-19,28-30H,9-13H2,1-4H3,(H,31,32). The van der Waals surface area contributed by atoms with Gasteiger partial charge in [-0.15, -0.1) is 0 Å². The number of ether oxygens (including phenoxy) is 1. The van der Waals surface area contributed by atoms with Gasteiger partial charge in [-0.2, -0.15) is 0 Å². The highest BCUT2D eigenvalue weighted by atomic mass is 16.5. The number of aliphatic hydroxyl groups excluding tert-OH is 2. The van der Waals surface area contributed by atoms with Gasteiger partial charge < -0.3 is 25.0 Å². The second-order valence-corrected chi connectivity index (χ2v) is 9.88. The van der Waals surface area contributed by atoms with E-state index in [1.807, 2.05) is 18.3 Å². The summed E-state index contributed by atoms with van der Waals surface area (Å²) in [5, 5.41) is 31.6. The first-order valence-corrected chi connectivity index (χ1v) is 11.6. The molecule has 2 heterocycles. The maximum absolute atomic E-state index is 10.8. The molecule has 2 aromatic carbocycles. The maximum Gasteiger partial charge on any atom is 0.305 e. The number of hydrogen-bond acceptors (Lipinski definition) is 4. The van der Waals surface area contributed by atoms with Gasteiger partial charge in [-0.1, -0.05) is 24.3 Å². The van der Waals surface area contributed by atoms with Crippen LogP contribution in [0.5, 0.6) is 5.75 Å². The number of aromatic nitrogens is 1. The topological polar surface area (TPSA) is 103 Å². The van der Waals surface area contributed by atoms with Crippen molar-refractivity contribution in [2.45, 2.75) is 77.6 Å². The van der Waals surface area contributed by atoms with Crippen LogP contribution in [0.25, 0.3) is 22.0 Å². The average Bonchev–Trinajstić information content (AvgIpc) is 3.28. The molecule has 0 spiro atoms. The molecule has 0 aliphatic carbocycles. The highest BCUT2D eigenvalue weighted by molar-refractivity contribution is 5.97. The molecule has 1 aliphatic heterocycles. The molecule has 2 unspecified atom stereocenters. The van der Waals surface area contributed by atoms with E-state index in [1.165, 1.54) is 22.1 Å². The van der Waals surface area contributed by atoms with E-state index in [0.29, 0.717) is 12.8 Å². The molecule has 33 heavy (non-hydrogen) atoms. The van der Waals surface area contributed by atoms with Gasteiger partial charge in [-0.3, -0.25) is 4.79 Å². The highest BCUT2D eigenvalue weighted by Gasteiger charge is 2.36. The number of carboxylic acids is 1. The van der Waals surface area contributed by atoms with Gasteiger partial charge in [0, 0.05) is 29.1 Å². The van der Waals surface area contributed by atoms with E-state index in [1.54, 1.807) is 0 Å². The zero-order chi connectivity index (χ0) is 23.9. The molecule has 2 atom stereocenters. The summed E-state index contributed by atoms with van der Waals surface area (Å²) in [4.78, 5) is 14.3. The molecular weight excluding hydrogens is 418 g/mol. The van der Waals surface area contributed by atoms with E-state index in [0.717, 1.165) is 34.4 Å². The lowest BCUT2D eigenvalue weighted by molar-refractivity contribution is -0.139. The first kappa shape index (κ1) is 23.3. The summed E-state index contributed by atoms with van der Waals surface area (Å²) in [6.07, 6.45) is 1.67. The van der Waals surface area contributed by atoms with Crippen LogP contribution in [0.1, 0.15) is 55.4 Å². The fraction of sp³-hybridized carbons (Fsp3) is 0.444. The second-order valence-electron chi connectivity index (χ2n) is 9.88. The number of carbonyl (C=O) groups is 1. The number of hydrogen-bond donors (Lipinski definition) is 4. The number of fused-ring (bicyclic) bond motifs is 2. The van der Waals surface area contributed by atoms with Crippen molar-refractivity contribution < 1.29 is 24.9 Å². The van der Waals surface area contributed by atoms with Gasteiger partial charge in [0.05, 0.1) is 24.3 Å². The molecule has 3 aromatic rings. The zero-order valence-corrected chi connectivity index (χ0v) is 19.7. The summed E-state index contributed by atoms with van der Waals surface area (Å²) in [6.45, 7) is 8.44. The molecule has 0 saturated heterocycles. The largest absolute Gasteiger partial charge is 0.487 e. The number of rotatable bonds is 8. The Morgan fingerprint density at radius 1 is 1.15 bits per heavy atom. The van der Waals surface area contributed by atoms with Crippen molar-refractivity contribution in [2.24, 2.45) is 0 Å². The van der Waals surface area contributed by atoms with Crippen molar-refractivity contribution >= 4 is 16.7 Å². The Balaban J connectivity index is 1.72. The minimum atomic E-state index is -1.07. The van der Waals surface area contributed by atoms with E-state index in [4.69, 9.17) is 9.84 Å². The number of aliphatic hydroxyl groups is 2. The molecule has 1 aromatic heterocycles. The number of aromatic amines is 1. The molecule has 4 N–H and O–H groups in total. The minimum absolute atomic E-state index is 0.0415. The lowest BCUT2D eigenvalue weighted by Gasteiger charge is -2.22. The Morgan fingerprint density at radius 2 is 1.88 bits per heavy atom. The SMILES string of the molecule is Cc1c(CCC(O)CC(O)CC(=O)O)c2c(c(C)c1-c1[nH]cc3ccccc13)CC(C)(C)O2. The summed E-state index contributed by atoms with van der Waals surface area (Å²) in [5.41, 5.74) is 6.56. The predicted molar refractivity (Wildman–Crippen MR) is 129 cm³/mol. The fourth-order valence-corrected chi connectivity index (χ4v) is 5.17. The zero-order valence-electron chi connectivity index (χ0n) is 19.7. The molecule has 0 saturated carbocycles. The summed E-state index contributed by atoms with van der Waals surface area (Å²) in [5.74, 6) is -0.159. The molecule has 4 rings (SSSR count). The van der Waals surface area contributed by atoms with Crippen LogP contribution in [0, 0.1) is 13.8 Å². The van der Waals surface area contributed by atoms with E-state index in [2.05, 4.69) is 44.8 Å². The van der Waals surface area contributed by atoms with Crippen LogP contribution < -0.4 is 4.74 Å². The molecular formula is C27H33NO5. The van der Waals surface area contributed by atoms with Crippen LogP contribution >= 0.6 is 0 Å². The summed E-state index contributed by atoms with van der Waals surface area (Å²) in [7, 11) is 0. The van der Waals surface area contributed by atoms with Crippen molar-refractivity contribution in [1.82, 2.24) is 4.98 Å². The molecule has 0 radical (unpaired) electrons. The van der Waals surface area contributed by atoms with E-state index >= 15 is 0 Å². The van der Waals surface area contributed by atoms with Crippen molar-refractivity contribution in [3.63, 3.8) is 0 Å². The molecule has 0 bridgehead atoms. The Kier molecular flexibility index (Phi) is 6.25. The van der Waals surface area contributed by atoms with Crippen LogP contribution in [-0.4, -0.2) is 44.1 Å². The van der Waals surface area contributed by atoms with Gasteiger partial charge in [0.1, 0.15) is 11.4 Å². The molecule has 0 amide bonds. The molecule has 6 heteroatoms. The Hall–Kier alpha value is -2.83. The predicted octanol–water partition coefficient (Wildman–Crippen LogP) is 4.68. The lowest BCUT2D eigenvalue weighted by Crippen LogP contribution is -2.25. The monoisotopic (exact) mass is 451 g/mol. The van der Waals surface area contributed by atoms with E-state index < -0.39 is 18.2 Å². The molecule has 0 fully saturated rings. The molecule has 176 valence electrons. The van der Waals surface area contributed by atoms with Crippen LogP contribution in [0.4, 0.5) is 0 Å². The average molecular weight is 452 g/mol. The van der Waals surface area contributed by atoms with Gasteiger partial charge in [0.2, 0.25) is 0 Å². The van der Waals surface area contributed by atoms with Crippen molar-refractivity contribution in [2.75, 3.05) is 0 Å². The normalized spacial score (nSPS) is 16.4. The van der Waals surface area contributed by atoms with Crippen LogP contribution in [0.2, 0.25) is 0 Å². The third-order valence-corrected chi connectivity index (χ3v) is 6.72. The Bertz CT molecular complexity index is 1190. The maximum atomic E-state index is 10.8. The third kappa shape index (κ3) is 4.63. The minimum Gasteiger partial charge on any atom is -0.487 e. The number of aliphatic carboxylic acids is 1. The van der Waals surface area contributed by atoms with Crippen LogP contribution in [0.3, 0.4) is 0 Å². The lowest BCUT2D eigenvalue weighted by atomic mass is 9.85. The Morgan fingerprint density at radius 3 is 2.61 bits per heavy atom. The molecule has 1 aliphatic rings. The molecule has 6 nitrogen and oxygen atoms in total. The first-order valence-electron chi connectivity index (χ1n) is 11.6. The van der Waals surface area contributed by atoms with Crippen LogP contribution in [0.15, 0.2) is 30.5 Å². The first-order chi connectivity index (χ1) is 15.6. The van der Waals surface area contributed by atoms with E-state index in [-0.39, 0.29) is 18.4 Å². The highest BCUT2D eigenvalue weighted by Crippen LogP contribution is 2.47. The third-order valence-electron chi connectivity index (χ3n) is 6.72. The summed E-state index contributed by atoms with van der Waals surface area (Å²) in [6, 6.07) is 8.30. The number of carboxylic acid groups (broad SMARTS) is 1. The van der Waals surface area contributed by atoms with Gasteiger partial charge in [0.25, 0.3) is 0 Å². The van der Waals surface area contributed by atoms with Crippen molar-refractivity contribution in [3.05, 3.63) is 52.7 Å².